The zero-order chi connectivity index (χ0) is 24.5. The Labute approximate surface area is 195 Å². The van der Waals surface area contributed by atoms with Crippen molar-refractivity contribution in [1.29, 1.82) is 5.26 Å². The van der Waals surface area contributed by atoms with E-state index in [4.69, 9.17) is 14.7 Å². The summed E-state index contributed by atoms with van der Waals surface area (Å²) in [5.41, 5.74) is 4.30. The number of rotatable bonds is 9. The van der Waals surface area contributed by atoms with Gasteiger partial charge in [-0.05, 0) is 60.0 Å². The molecule has 1 amide bonds. The Morgan fingerprint density at radius 2 is 1.94 bits per heavy atom. The van der Waals surface area contributed by atoms with Gasteiger partial charge in [0.25, 0.3) is 5.91 Å². The molecule has 0 atom stereocenters. The maximum atomic E-state index is 14.0. The molecule has 3 rings (SSSR count). The van der Waals surface area contributed by atoms with Crippen molar-refractivity contribution in [2.75, 3.05) is 7.11 Å². The molecule has 172 valence electrons. The van der Waals surface area contributed by atoms with Crippen molar-refractivity contribution in [3.05, 3.63) is 107 Å². The number of hydrazone groups is 1. The summed E-state index contributed by atoms with van der Waals surface area (Å²) in [7, 11) is 1.49. The van der Waals surface area contributed by atoms with E-state index in [1.165, 1.54) is 37.6 Å². The number of amides is 1. The van der Waals surface area contributed by atoms with Crippen LogP contribution in [-0.4, -0.2) is 19.2 Å². The first-order chi connectivity index (χ1) is 16.4. The molecule has 0 saturated carbocycles. The summed E-state index contributed by atoms with van der Waals surface area (Å²) in [6, 6.07) is 14.8. The zero-order valence-corrected chi connectivity index (χ0v) is 18.3. The molecule has 0 unspecified atom stereocenters. The molecule has 34 heavy (non-hydrogen) atoms. The average molecular weight is 461 g/mol. The molecule has 0 bridgehead atoms. The fraction of sp³-hybridized carbons (Fsp3) is 0.115. The number of nitrogens with one attached hydrogen (secondary N) is 1. The van der Waals surface area contributed by atoms with Crippen LogP contribution in [0.2, 0.25) is 0 Å². The van der Waals surface area contributed by atoms with E-state index < -0.39 is 11.7 Å². The van der Waals surface area contributed by atoms with Gasteiger partial charge in [-0.2, -0.15) is 10.4 Å². The third kappa shape index (κ3) is 6.04. The standard InChI is InChI=1S/C26H21F2N3O3/c1-3-4-20-11-19(15-30-31-26(32)22-10-7-18(14-29)12-23(22)28)13-24(33-2)25(20)34-16-17-5-8-21(27)9-6-17/h3,5-13,15H,1,4,16H2,2H3,(H,31,32)/b30-15+. The molecule has 8 heteroatoms. The summed E-state index contributed by atoms with van der Waals surface area (Å²) in [4.78, 5) is 12.2. The normalized spacial score (nSPS) is 10.5. The van der Waals surface area contributed by atoms with E-state index in [-0.39, 0.29) is 23.6 Å². The number of benzene rings is 3. The van der Waals surface area contributed by atoms with Crippen molar-refractivity contribution in [3.63, 3.8) is 0 Å². The number of hydrogen-bond acceptors (Lipinski definition) is 5. The van der Waals surface area contributed by atoms with Gasteiger partial charge >= 0.3 is 0 Å². The number of nitrogens with zero attached hydrogens (tertiary/aromatic N) is 2. The molecule has 0 saturated heterocycles. The second-order valence-electron chi connectivity index (χ2n) is 7.12. The van der Waals surface area contributed by atoms with Crippen LogP contribution < -0.4 is 14.9 Å². The van der Waals surface area contributed by atoms with Gasteiger partial charge in [0.2, 0.25) is 0 Å². The van der Waals surface area contributed by atoms with Gasteiger partial charge in [0.15, 0.2) is 11.5 Å². The Hall–Kier alpha value is -4.51. The minimum Gasteiger partial charge on any atom is -0.493 e. The van der Waals surface area contributed by atoms with Crippen LogP contribution in [0, 0.1) is 23.0 Å². The van der Waals surface area contributed by atoms with Gasteiger partial charge in [0.1, 0.15) is 18.2 Å². The Bertz CT molecular complexity index is 1270. The first-order valence-electron chi connectivity index (χ1n) is 10.2. The lowest BCUT2D eigenvalue weighted by atomic mass is 10.1. The van der Waals surface area contributed by atoms with E-state index in [9.17, 15) is 13.6 Å². The second kappa shape index (κ2) is 11.4. The zero-order valence-electron chi connectivity index (χ0n) is 18.3. The molecule has 0 aliphatic heterocycles. The van der Waals surface area contributed by atoms with Crippen LogP contribution in [0.4, 0.5) is 8.78 Å². The van der Waals surface area contributed by atoms with Crippen molar-refractivity contribution in [2.24, 2.45) is 5.10 Å². The van der Waals surface area contributed by atoms with E-state index in [0.29, 0.717) is 23.5 Å². The first kappa shape index (κ1) is 24.1. The average Bonchev–Trinajstić information content (AvgIpc) is 2.84. The Balaban J connectivity index is 1.77. The van der Waals surface area contributed by atoms with Gasteiger partial charge < -0.3 is 9.47 Å². The molecule has 0 fully saturated rings. The molecule has 0 heterocycles. The molecule has 1 N–H and O–H groups in total. The van der Waals surface area contributed by atoms with Gasteiger partial charge in [-0.15, -0.1) is 6.58 Å². The maximum absolute atomic E-state index is 14.0. The predicted molar refractivity (Wildman–Crippen MR) is 124 cm³/mol. The molecular weight excluding hydrogens is 440 g/mol. The van der Waals surface area contributed by atoms with Crippen molar-refractivity contribution in [3.8, 4) is 17.6 Å². The van der Waals surface area contributed by atoms with E-state index in [1.807, 2.05) is 0 Å². The number of halogens is 2. The van der Waals surface area contributed by atoms with Crippen LogP contribution >= 0.6 is 0 Å². The Morgan fingerprint density at radius 3 is 2.59 bits per heavy atom. The molecule has 0 aliphatic carbocycles. The van der Waals surface area contributed by atoms with Crippen molar-refractivity contribution in [1.82, 2.24) is 5.43 Å². The number of ether oxygens (including phenoxy) is 2. The van der Waals surface area contributed by atoms with Crippen LogP contribution in [0.3, 0.4) is 0 Å². The molecule has 0 radical (unpaired) electrons. The number of carbonyl (C=O) groups excluding carboxylic acids is 1. The SMILES string of the molecule is C=CCc1cc(/C=N/NC(=O)c2ccc(C#N)cc2F)cc(OC)c1OCc1ccc(F)cc1. The van der Waals surface area contributed by atoms with Gasteiger partial charge in [0, 0.05) is 5.56 Å². The smallest absolute Gasteiger partial charge is 0.274 e. The minimum atomic E-state index is -0.815. The number of methoxy groups -OCH3 is 1. The summed E-state index contributed by atoms with van der Waals surface area (Å²) < 4.78 is 38.6. The minimum absolute atomic E-state index is 0.112. The highest BCUT2D eigenvalue weighted by atomic mass is 19.1. The van der Waals surface area contributed by atoms with Gasteiger partial charge in [0.05, 0.1) is 30.5 Å². The Kier molecular flexibility index (Phi) is 8.08. The summed E-state index contributed by atoms with van der Waals surface area (Å²) in [6.07, 6.45) is 3.56. The third-order valence-electron chi connectivity index (χ3n) is 4.76. The maximum Gasteiger partial charge on any atom is 0.274 e. The van der Waals surface area contributed by atoms with Crippen LogP contribution in [0.5, 0.6) is 11.5 Å². The van der Waals surface area contributed by atoms with E-state index in [2.05, 4.69) is 17.1 Å². The van der Waals surface area contributed by atoms with Crippen molar-refractivity contribution < 1.29 is 23.0 Å². The van der Waals surface area contributed by atoms with Crippen molar-refractivity contribution in [2.45, 2.75) is 13.0 Å². The summed E-state index contributed by atoms with van der Waals surface area (Å²) in [5.74, 6) is -0.952. The summed E-state index contributed by atoms with van der Waals surface area (Å²) in [5, 5.41) is 12.7. The summed E-state index contributed by atoms with van der Waals surface area (Å²) in [6.45, 7) is 3.97. The fourth-order valence-electron chi connectivity index (χ4n) is 3.11. The third-order valence-corrected chi connectivity index (χ3v) is 4.76. The lowest BCUT2D eigenvalue weighted by molar-refractivity contribution is 0.0951. The first-order valence-corrected chi connectivity index (χ1v) is 10.2. The predicted octanol–water partition coefficient (Wildman–Crippen LogP) is 4.92. The second-order valence-corrected chi connectivity index (χ2v) is 7.12. The quantitative estimate of drug-likeness (QED) is 0.279. The Morgan fingerprint density at radius 1 is 1.18 bits per heavy atom. The molecule has 0 aliphatic rings. The van der Waals surface area contributed by atoms with E-state index >= 15 is 0 Å². The molecule has 6 nitrogen and oxygen atoms in total. The lowest BCUT2D eigenvalue weighted by Gasteiger charge is -2.16. The molecular formula is C26H21F2N3O3. The largest absolute Gasteiger partial charge is 0.493 e. The fourth-order valence-corrected chi connectivity index (χ4v) is 3.11. The number of carbonyl (C=O) groups is 1. The molecule has 3 aromatic carbocycles. The highest BCUT2D eigenvalue weighted by molar-refractivity contribution is 5.95. The number of nitriles is 1. The summed E-state index contributed by atoms with van der Waals surface area (Å²) >= 11 is 0. The highest BCUT2D eigenvalue weighted by Crippen LogP contribution is 2.34. The lowest BCUT2D eigenvalue weighted by Crippen LogP contribution is -2.19. The van der Waals surface area contributed by atoms with Gasteiger partial charge in [-0.3, -0.25) is 4.79 Å². The van der Waals surface area contributed by atoms with Crippen LogP contribution in [0.15, 0.2) is 72.4 Å². The van der Waals surface area contributed by atoms with Gasteiger partial charge in [-0.25, -0.2) is 14.2 Å². The van der Waals surface area contributed by atoms with Gasteiger partial charge in [-0.1, -0.05) is 18.2 Å². The molecule has 0 aromatic heterocycles. The van der Waals surface area contributed by atoms with E-state index in [1.54, 1.807) is 36.4 Å². The molecule has 3 aromatic rings. The molecule has 0 spiro atoms. The topological polar surface area (TPSA) is 83.7 Å². The number of hydrogen-bond donors (Lipinski definition) is 1. The van der Waals surface area contributed by atoms with E-state index in [0.717, 1.165) is 17.2 Å². The van der Waals surface area contributed by atoms with Crippen LogP contribution in [-0.2, 0) is 13.0 Å². The highest BCUT2D eigenvalue weighted by Gasteiger charge is 2.14. The van der Waals surface area contributed by atoms with Crippen molar-refractivity contribution >= 4 is 12.1 Å². The van der Waals surface area contributed by atoms with Crippen LogP contribution in [0.1, 0.15) is 32.6 Å². The van der Waals surface area contributed by atoms with Crippen LogP contribution in [0.25, 0.3) is 0 Å². The monoisotopic (exact) mass is 461 g/mol. The number of allylic oxidation sites excluding steroid dienone is 1.